The van der Waals surface area contributed by atoms with E-state index < -0.39 is 23.3 Å². The lowest BCUT2D eigenvalue weighted by Crippen LogP contribution is -2.51. The van der Waals surface area contributed by atoms with Crippen molar-refractivity contribution in [2.75, 3.05) is 37.6 Å². The maximum absolute atomic E-state index is 13.0. The van der Waals surface area contributed by atoms with Gasteiger partial charge in [0.05, 0.1) is 5.56 Å². The first-order valence-electron chi connectivity index (χ1n) is 9.20. The average molecular weight is 392 g/mol. The van der Waals surface area contributed by atoms with Crippen LogP contribution in [0.3, 0.4) is 0 Å². The molecule has 8 heteroatoms. The number of pyridine rings is 1. The van der Waals surface area contributed by atoms with Gasteiger partial charge < -0.3 is 10.2 Å². The van der Waals surface area contributed by atoms with Crippen LogP contribution in [-0.4, -0.2) is 54.6 Å². The van der Waals surface area contributed by atoms with Crippen molar-refractivity contribution in [1.82, 2.24) is 15.2 Å². The summed E-state index contributed by atoms with van der Waals surface area (Å²) in [5.74, 6) is -0.754. The molecule has 3 rings (SSSR count). The molecule has 0 aliphatic carbocycles. The maximum Gasteiger partial charge on any atom is 0.434 e. The van der Waals surface area contributed by atoms with Gasteiger partial charge in [-0.1, -0.05) is 18.2 Å². The van der Waals surface area contributed by atoms with Crippen molar-refractivity contribution in [3.05, 3.63) is 59.9 Å². The van der Waals surface area contributed by atoms with Crippen molar-refractivity contribution < 1.29 is 18.0 Å². The summed E-state index contributed by atoms with van der Waals surface area (Å²) < 4.78 is 39.1. The molecule has 1 aromatic heterocycles. The van der Waals surface area contributed by atoms with Crippen LogP contribution in [0.2, 0.25) is 0 Å². The fourth-order valence-corrected chi connectivity index (χ4v) is 3.38. The molecule has 1 aliphatic rings. The van der Waals surface area contributed by atoms with Crippen molar-refractivity contribution in [3.8, 4) is 0 Å². The largest absolute Gasteiger partial charge is 0.434 e. The lowest BCUT2D eigenvalue weighted by molar-refractivity contribution is -0.141. The number of halogens is 3. The number of hydrogen-bond donors (Lipinski definition) is 1. The second kappa shape index (κ2) is 8.60. The Morgan fingerprint density at radius 3 is 2.43 bits per heavy atom. The topological polar surface area (TPSA) is 48.5 Å². The van der Waals surface area contributed by atoms with Crippen LogP contribution >= 0.6 is 0 Å². The van der Waals surface area contributed by atoms with Crippen LogP contribution in [-0.2, 0) is 6.18 Å². The molecule has 150 valence electrons. The third-order valence-corrected chi connectivity index (χ3v) is 4.72. The number of carbonyl (C=O) groups excluding carboxylic acids is 1. The molecule has 0 saturated carbocycles. The first kappa shape index (κ1) is 20.1. The third kappa shape index (κ3) is 5.01. The number of piperazine rings is 1. The molecule has 1 aromatic carbocycles. The molecule has 1 fully saturated rings. The molecule has 0 unspecified atom stereocenters. The van der Waals surface area contributed by atoms with Gasteiger partial charge in [-0.3, -0.25) is 14.7 Å². The Kier molecular flexibility index (Phi) is 6.18. The van der Waals surface area contributed by atoms with Gasteiger partial charge in [0.25, 0.3) is 5.91 Å². The van der Waals surface area contributed by atoms with E-state index in [1.54, 1.807) is 6.92 Å². The predicted octanol–water partition coefficient (Wildman–Crippen LogP) is 3.04. The number of nitrogens with one attached hydrogen (secondary N) is 1. The molecule has 0 bridgehead atoms. The van der Waals surface area contributed by atoms with E-state index in [4.69, 9.17) is 0 Å². The van der Waals surface area contributed by atoms with Gasteiger partial charge in [0.2, 0.25) is 0 Å². The Hall–Kier alpha value is -2.61. The van der Waals surface area contributed by atoms with Crippen LogP contribution in [0.1, 0.15) is 23.0 Å². The molecule has 2 aromatic rings. The van der Waals surface area contributed by atoms with Gasteiger partial charge in [0, 0.05) is 50.6 Å². The van der Waals surface area contributed by atoms with Gasteiger partial charge >= 0.3 is 6.18 Å². The monoisotopic (exact) mass is 392 g/mol. The Balaban J connectivity index is 1.53. The molecular weight excluding hydrogens is 369 g/mol. The summed E-state index contributed by atoms with van der Waals surface area (Å²) in [7, 11) is 0. The molecule has 5 nitrogen and oxygen atoms in total. The van der Waals surface area contributed by atoms with Gasteiger partial charge in [-0.15, -0.1) is 0 Å². The van der Waals surface area contributed by atoms with E-state index in [1.807, 2.05) is 18.2 Å². The molecule has 2 heterocycles. The Morgan fingerprint density at radius 2 is 1.79 bits per heavy atom. The zero-order valence-electron chi connectivity index (χ0n) is 15.6. The quantitative estimate of drug-likeness (QED) is 0.850. The molecule has 28 heavy (non-hydrogen) atoms. The molecule has 1 saturated heterocycles. The van der Waals surface area contributed by atoms with E-state index in [0.29, 0.717) is 6.54 Å². The SMILES string of the molecule is C[C@H](CN1CCN(c2ccccc2)CC1)NC(=O)c1cccnc1C(F)(F)F. The zero-order valence-corrected chi connectivity index (χ0v) is 15.6. The predicted molar refractivity (Wildman–Crippen MR) is 101 cm³/mol. The number of para-hydroxylation sites is 1. The maximum atomic E-state index is 13.0. The summed E-state index contributed by atoms with van der Waals surface area (Å²) in [5.41, 5.74) is -0.424. The van der Waals surface area contributed by atoms with Crippen molar-refractivity contribution >= 4 is 11.6 Å². The number of rotatable bonds is 5. The van der Waals surface area contributed by atoms with Crippen molar-refractivity contribution in [2.24, 2.45) is 0 Å². The lowest BCUT2D eigenvalue weighted by atomic mass is 10.1. The highest BCUT2D eigenvalue weighted by atomic mass is 19.4. The third-order valence-electron chi connectivity index (χ3n) is 4.72. The van der Waals surface area contributed by atoms with E-state index in [2.05, 4.69) is 32.2 Å². The van der Waals surface area contributed by atoms with Crippen molar-refractivity contribution in [1.29, 1.82) is 0 Å². The van der Waals surface area contributed by atoms with Gasteiger partial charge in [0.15, 0.2) is 5.69 Å². The molecule has 1 atom stereocenters. The number of aromatic nitrogens is 1. The Bertz CT molecular complexity index is 790. The number of nitrogens with zero attached hydrogens (tertiary/aromatic N) is 3. The second-order valence-corrected chi connectivity index (χ2v) is 6.90. The summed E-state index contributed by atoms with van der Waals surface area (Å²) in [4.78, 5) is 20.2. The molecule has 1 aliphatic heterocycles. The van der Waals surface area contributed by atoms with Gasteiger partial charge in [-0.05, 0) is 31.2 Å². The summed E-state index contributed by atoms with van der Waals surface area (Å²) in [6.45, 7) is 5.77. The smallest absolute Gasteiger partial charge is 0.369 e. The number of anilines is 1. The van der Waals surface area contributed by atoms with Crippen LogP contribution in [0.15, 0.2) is 48.7 Å². The zero-order chi connectivity index (χ0) is 20.1. The van der Waals surface area contributed by atoms with E-state index in [0.717, 1.165) is 38.4 Å². The Labute approximate surface area is 162 Å². The highest BCUT2D eigenvalue weighted by molar-refractivity contribution is 5.95. The fraction of sp³-hybridized carbons (Fsp3) is 0.400. The average Bonchev–Trinajstić information content (AvgIpc) is 2.68. The summed E-state index contributed by atoms with van der Waals surface area (Å²) in [5, 5.41) is 2.66. The van der Waals surface area contributed by atoms with Crippen LogP contribution in [0, 0.1) is 0 Å². The highest BCUT2D eigenvalue weighted by Gasteiger charge is 2.37. The molecule has 1 N–H and O–H groups in total. The number of alkyl halides is 3. The van der Waals surface area contributed by atoms with Crippen LogP contribution in [0.25, 0.3) is 0 Å². The first-order valence-corrected chi connectivity index (χ1v) is 9.20. The van der Waals surface area contributed by atoms with E-state index >= 15 is 0 Å². The highest BCUT2D eigenvalue weighted by Crippen LogP contribution is 2.30. The van der Waals surface area contributed by atoms with Crippen molar-refractivity contribution in [3.63, 3.8) is 0 Å². The van der Waals surface area contributed by atoms with E-state index in [-0.39, 0.29) is 6.04 Å². The molecule has 1 amide bonds. The minimum Gasteiger partial charge on any atom is -0.369 e. The van der Waals surface area contributed by atoms with Crippen LogP contribution in [0.4, 0.5) is 18.9 Å². The van der Waals surface area contributed by atoms with Gasteiger partial charge in [0.1, 0.15) is 0 Å². The van der Waals surface area contributed by atoms with E-state index in [9.17, 15) is 18.0 Å². The number of amides is 1. The number of hydrogen-bond acceptors (Lipinski definition) is 4. The summed E-state index contributed by atoms with van der Waals surface area (Å²) in [6, 6.07) is 12.3. The van der Waals surface area contributed by atoms with Crippen molar-refractivity contribution in [2.45, 2.75) is 19.1 Å². The number of carbonyl (C=O) groups is 1. The van der Waals surface area contributed by atoms with Gasteiger partial charge in [-0.25, -0.2) is 0 Å². The number of benzene rings is 1. The minimum absolute atomic E-state index is 0.280. The normalized spacial score (nSPS) is 16.6. The first-order chi connectivity index (χ1) is 13.3. The van der Waals surface area contributed by atoms with Crippen LogP contribution in [0.5, 0.6) is 0 Å². The molecule has 0 spiro atoms. The molecule has 0 radical (unpaired) electrons. The van der Waals surface area contributed by atoms with Gasteiger partial charge in [-0.2, -0.15) is 13.2 Å². The standard InChI is InChI=1S/C20H23F3N4O/c1-15(25-19(28)17-8-5-9-24-18(17)20(21,22)23)14-26-10-12-27(13-11-26)16-6-3-2-4-7-16/h2-9,15H,10-14H2,1H3,(H,25,28)/t15-/m1/s1. The lowest BCUT2D eigenvalue weighted by Gasteiger charge is -2.37. The van der Waals surface area contributed by atoms with Crippen LogP contribution < -0.4 is 10.2 Å². The molecular formula is C20H23F3N4O. The fourth-order valence-electron chi connectivity index (χ4n) is 3.38. The summed E-state index contributed by atoms with van der Waals surface area (Å²) in [6.07, 6.45) is -3.62. The van der Waals surface area contributed by atoms with E-state index in [1.165, 1.54) is 11.8 Å². The minimum atomic E-state index is -4.66. The summed E-state index contributed by atoms with van der Waals surface area (Å²) >= 11 is 0. The second-order valence-electron chi connectivity index (χ2n) is 6.90. The Morgan fingerprint density at radius 1 is 1.11 bits per heavy atom.